The molecule has 0 aromatic carbocycles. The molecular formula is C25H30FN5O4. The molecule has 1 atom stereocenters. The van der Waals surface area contributed by atoms with Gasteiger partial charge in [0.1, 0.15) is 17.6 Å². The molecule has 2 aromatic heterocycles. The molecule has 2 amide bonds. The number of aromatic nitrogens is 3. The van der Waals surface area contributed by atoms with Crippen LogP contribution >= 0.6 is 0 Å². The molecule has 0 saturated carbocycles. The molecule has 35 heavy (non-hydrogen) atoms. The van der Waals surface area contributed by atoms with Crippen LogP contribution in [-0.4, -0.2) is 56.6 Å². The van der Waals surface area contributed by atoms with E-state index in [1.54, 1.807) is 4.90 Å². The molecule has 10 heteroatoms. The number of fused-ring (bicyclic) bond motifs is 1. The maximum absolute atomic E-state index is 13.3. The molecule has 0 radical (unpaired) electrons. The number of hydrogen-bond acceptors (Lipinski definition) is 6. The van der Waals surface area contributed by atoms with Crippen LogP contribution in [0.15, 0.2) is 23.1 Å². The lowest BCUT2D eigenvalue weighted by molar-refractivity contribution is -0.135. The fourth-order valence-electron chi connectivity index (χ4n) is 4.70. The quantitative estimate of drug-likeness (QED) is 0.606. The average molecular weight is 484 g/mol. The van der Waals surface area contributed by atoms with Crippen LogP contribution in [0.3, 0.4) is 0 Å². The van der Waals surface area contributed by atoms with Crippen LogP contribution in [0.25, 0.3) is 0 Å². The number of pyridine rings is 1. The SMILES string of the molecule is CC(C)[C@H](NC(=O)c1nc2c([nH]c1=O)CCCC2)C(=O)N1CCC(C(=O)c2ccc(F)cn2)CC1. The van der Waals surface area contributed by atoms with Crippen LogP contribution in [-0.2, 0) is 17.6 Å². The van der Waals surface area contributed by atoms with Gasteiger partial charge in [0.2, 0.25) is 5.91 Å². The van der Waals surface area contributed by atoms with Gasteiger partial charge in [-0.3, -0.25) is 24.2 Å². The molecule has 186 valence electrons. The van der Waals surface area contributed by atoms with E-state index in [0.29, 0.717) is 32.4 Å². The molecule has 2 N–H and O–H groups in total. The molecule has 0 unspecified atom stereocenters. The Balaban J connectivity index is 1.40. The van der Waals surface area contributed by atoms with Gasteiger partial charge in [0.25, 0.3) is 11.5 Å². The highest BCUT2D eigenvalue weighted by atomic mass is 19.1. The number of carbonyl (C=O) groups excluding carboxylic acids is 3. The Labute approximate surface area is 202 Å². The standard InChI is InChI=1S/C25H30FN5O4/c1-14(2)20(30-24(34)21-23(33)29-18-6-4-3-5-17(18)28-21)25(35)31-11-9-15(10-12-31)22(32)19-8-7-16(26)13-27-19/h7-8,13-15,20H,3-6,9-12H2,1-2H3,(H,29,33)(H,30,34)/t20-/m0/s1. The number of likely N-dealkylation sites (tertiary alicyclic amines) is 1. The van der Waals surface area contributed by atoms with E-state index in [-0.39, 0.29) is 34.9 Å². The number of halogens is 1. The summed E-state index contributed by atoms with van der Waals surface area (Å²) in [4.78, 5) is 63.9. The Hall–Kier alpha value is -3.43. The number of H-pyrrole nitrogens is 1. The van der Waals surface area contributed by atoms with E-state index in [4.69, 9.17) is 0 Å². The number of aryl methyl sites for hydroxylation is 2. The number of aromatic amines is 1. The van der Waals surface area contributed by atoms with Crippen molar-refractivity contribution in [3.8, 4) is 0 Å². The van der Waals surface area contributed by atoms with E-state index in [2.05, 4.69) is 20.3 Å². The fourth-order valence-corrected chi connectivity index (χ4v) is 4.70. The second-order valence-corrected chi connectivity index (χ2v) is 9.57. The fraction of sp³-hybridized carbons (Fsp3) is 0.520. The molecule has 0 bridgehead atoms. The van der Waals surface area contributed by atoms with Crippen molar-refractivity contribution in [2.45, 2.75) is 58.4 Å². The summed E-state index contributed by atoms with van der Waals surface area (Å²) >= 11 is 0. The second kappa shape index (κ2) is 10.5. The third-order valence-corrected chi connectivity index (χ3v) is 6.76. The van der Waals surface area contributed by atoms with Crippen molar-refractivity contribution in [3.63, 3.8) is 0 Å². The van der Waals surface area contributed by atoms with Gasteiger partial charge in [-0.2, -0.15) is 0 Å². The van der Waals surface area contributed by atoms with Gasteiger partial charge in [-0.15, -0.1) is 0 Å². The van der Waals surface area contributed by atoms with E-state index < -0.39 is 23.3 Å². The normalized spacial score (nSPS) is 17.1. The van der Waals surface area contributed by atoms with Crippen molar-refractivity contribution in [2.24, 2.45) is 11.8 Å². The predicted octanol–water partition coefficient (Wildman–Crippen LogP) is 2.06. The van der Waals surface area contributed by atoms with Crippen LogP contribution in [0.2, 0.25) is 0 Å². The highest BCUT2D eigenvalue weighted by Gasteiger charge is 2.34. The number of nitrogens with one attached hydrogen (secondary N) is 2. The highest BCUT2D eigenvalue weighted by molar-refractivity contribution is 5.97. The molecule has 3 heterocycles. The number of carbonyl (C=O) groups is 3. The van der Waals surface area contributed by atoms with Crippen LogP contribution < -0.4 is 10.9 Å². The lowest BCUT2D eigenvalue weighted by atomic mass is 9.90. The minimum atomic E-state index is -0.828. The smallest absolute Gasteiger partial charge is 0.279 e. The molecule has 1 aliphatic carbocycles. The van der Waals surface area contributed by atoms with E-state index in [0.717, 1.165) is 36.8 Å². The third kappa shape index (κ3) is 5.47. The number of piperidine rings is 1. The Bertz CT molecular complexity index is 1170. The number of nitrogens with zero attached hydrogens (tertiary/aromatic N) is 3. The summed E-state index contributed by atoms with van der Waals surface area (Å²) in [5.74, 6) is -2.11. The van der Waals surface area contributed by atoms with Gasteiger partial charge in [-0.25, -0.2) is 9.37 Å². The summed E-state index contributed by atoms with van der Waals surface area (Å²) in [5.41, 5.74) is 0.955. The first-order valence-corrected chi connectivity index (χ1v) is 12.1. The van der Waals surface area contributed by atoms with Gasteiger partial charge in [0.05, 0.1) is 11.9 Å². The molecule has 0 spiro atoms. The van der Waals surface area contributed by atoms with Crippen LogP contribution in [0.5, 0.6) is 0 Å². The molecule has 2 aliphatic rings. The first-order valence-electron chi connectivity index (χ1n) is 12.1. The number of hydrogen-bond donors (Lipinski definition) is 2. The zero-order valence-electron chi connectivity index (χ0n) is 20.0. The van der Waals surface area contributed by atoms with E-state index in [9.17, 15) is 23.6 Å². The third-order valence-electron chi connectivity index (χ3n) is 6.76. The Kier molecular flexibility index (Phi) is 7.37. The molecule has 9 nitrogen and oxygen atoms in total. The van der Waals surface area contributed by atoms with Crippen LogP contribution in [0, 0.1) is 17.7 Å². The number of rotatable bonds is 6. The first kappa shape index (κ1) is 24.7. The molecule has 1 fully saturated rings. The largest absolute Gasteiger partial charge is 0.341 e. The molecule has 1 saturated heterocycles. The van der Waals surface area contributed by atoms with Gasteiger partial charge in [-0.1, -0.05) is 13.8 Å². The highest BCUT2D eigenvalue weighted by Crippen LogP contribution is 2.23. The van der Waals surface area contributed by atoms with Crippen molar-refractivity contribution in [1.29, 1.82) is 0 Å². The number of Topliss-reactive ketones (excluding diaryl/α,β-unsaturated/α-hetero) is 1. The van der Waals surface area contributed by atoms with E-state index in [1.807, 2.05) is 13.8 Å². The van der Waals surface area contributed by atoms with Crippen LogP contribution in [0.1, 0.15) is 71.9 Å². The molecule has 4 rings (SSSR count). The zero-order chi connectivity index (χ0) is 25.1. The average Bonchev–Trinajstić information content (AvgIpc) is 2.86. The van der Waals surface area contributed by atoms with Gasteiger partial charge >= 0.3 is 0 Å². The summed E-state index contributed by atoms with van der Waals surface area (Å²) < 4.78 is 13.1. The van der Waals surface area contributed by atoms with Gasteiger partial charge < -0.3 is 15.2 Å². The lowest BCUT2D eigenvalue weighted by Crippen LogP contribution is -2.54. The predicted molar refractivity (Wildman–Crippen MR) is 125 cm³/mol. The van der Waals surface area contributed by atoms with Crippen molar-refractivity contribution in [2.75, 3.05) is 13.1 Å². The van der Waals surface area contributed by atoms with Crippen molar-refractivity contribution in [1.82, 2.24) is 25.2 Å². The topological polar surface area (TPSA) is 125 Å². The van der Waals surface area contributed by atoms with Crippen molar-refractivity contribution in [3.05, 3.63) is 57.3 Å². The minimum absolute atomic E-state index is 0.163. The second-order valence-electron chi connectivity index (χ2n) is 9.57. The lowest BCUT2D eigenvalue weighted by Gasteiger charge is -2.34. The first-order chi connectivity index (χ1) is 16.7. The Morgan fingerprint density at radius 3 is 2.51 bits per heavy atom. The summed E-state index contributed by atoms with van der Waals surface area (Å²) in [6, 6.07) is 1.75. The Morgan fingerprint density at radius 2 is 1.86 bits per heavy atom. The van der Waals surface area contributed by atoms with Gasteiger partial charge in [0, 0.05) is 24.7 Å². The maximum Gasteiger partial charge on any atom is 0.279 e. The van der Waals surface area contributed by atoms with Crippen molar-refractivity contribution >= 4 is 17.6 Å². The number of amides is 2. The van der Waals surface area contributed by atoms with E-state index >= 15 is 0 Å². The number of ketones is 1. The Morgan fingerprint density at radius 1 is 1.14 bits per heavy atom. The van der Waals surface area contributed by atoms with Gasteiger partial charge in [-0.05, 0) is 56.6 Å². The summed E-state index contributed by atoms with van der Waals surface area (Å²) in [6.07, 6.45) is 5.30. The summed E-state index contributed by atoms with van der Waals surface area (Å²) in [5, 5.41) is 2.72. The van der Waals surface area contributed by atoms with Gasteiger partial charge in [0.15, 0.2) is 11.5 Å². The maximum atomic E-state index is 13.3. The minimum Gasteiger partial charge on any atom is -0.341 e. The zero-order valence-corrected chi connectivity index (χ0v) is 20.0. The summed E-state index contributed by atoms with van der Waals surface area (Å²) in [7, 11) is 0. The monoisotopic (exact) mass is 483 g/mol. The van der Waals surface area contributed by atoms with E-state index in [1.165, 1.54) is 12.1 Å². The van der Waals surface area contributed by atoms with Crippen molar-refractivity contribution < 1.29 is 18.8 Å². The van der Waals surface area contributed by atoms with Crippen LogP contribution in [0.4, 0.5) is 4.39 Å². The molecule has 1 aliphatic heterocycles. The summed E-state index contributed by atoms with van der Waals surface area (Å²) in [6.45, 7) is 4.36. The molecule has 2 aromatic rings. The molecular weight excluding hydrogens is 453 g/mol.